The standard InChI is InChI=1S/C11H18O3/c1-3-5-7-9-13-11(12)14-10-8-6-4-2/h3-6H,7-10H2,1-2H3/b5-3+,6-4+. The molecule has 0 aromatic heterocycles. The zero-order valence-electron chi connectivity index (χ0n) is 8.86. The van der Waals surface area contributed by atoms with Crippen molar-refractivity contribution in [3.8, 4) is 0 Å². The highest BCUT2D eigenvalue weighted by Crippen LogP contribution is 1.92. The number of allylic oxidation sites excluding steroid dienone is 2. The minimum atomic E-state index is -0.584. The van der Waals surface area contributed by atoms with Crippen LogP contribution in [0.1, 0.15) is 26.7 Å². The molecule has 3 heteroatoms. The molecule has 0 amide bonds. The first-order valence-corrected chi connectivity index (χ1v) is 4.83. The molecule has 0 radical (unpaired) electrons. The Morgan fingerprint density at radius 1 is 1.00 bits per heavy atom. The van der Waals surface area contributed by atoms with Crippen LogP contribution < -0.4 is 0 Å². The molecule has 0 N–H and O–H groups in total. The van der Waals surface area contributed by atoms with Crippen molar-refractivity contribution >= 4 is 6.16 Å². The third-order valence-corrected chi connectivity index (χ3v) is 1.48. The van der Waals surface area contributed by atoms with Crippen molar-refractivity contribution in [2.75, 3.05) is 13.2 Å². The number of carbonyl (C=O) groups excluding carboxylic acids is 1. The zero-order chi connectivity index (χ0) is 10.6. The van der Waals surface area contributed by atoms with Gasteiger partial charge in [-0.3, -0.25) is 0 Å². The fourth-order valence-corrected chi connectivity index (χ4v) is 0.796. The van der Waals surface area contributed by atoms with Crippen molar-refractivity contribution in [1.82, 2.24) is 0 Å². The molecule has 0 saturated carbocycles. The Morgan fingerprint density at radius 3 is 1.79 bits per heavy atom. The third-order valence-electron chi connectivity index (χ3n) is 1.48. The molecule has 0 aliphatic heterocycles. The molecular formula is C11H18O3. The lowest BCUT2D eigenvalue weighted by Gasteiger charge is -2.03. The van der Waals surface area contributed by atoms with Gasteiger partial charge in [0, 0.05) is 0 Å². The van der Waals surface area contributed by atoms with Crippen LogP contribution in [0.25, 0.3) is 0 Å². The van der Waals surface area contributed by atoms with Gasteiger partial charge in [0.25, 0.3) is 0 Å². The number of carbonyl (C=O) groups is 1. The predicted octanol–water partition coefficient (Wildman–Crippen LogP) is 3.07. The molecule has 0 heterocycles. The molecule has 0 aromatic carbocycles. The van der Waals surface area contributed by atoms with E-state index in [9.17, 15) is 4.79 Å². The maximum Gasteiger partial charge on any atom is 0.508 e. The number of hydrogen-bond donors (Lipinski definition) is 0. The van der Waals surface area contributed by atoms with Gasteiger partial charge in [-0.05, 0) is 26.7 Å². The van der Waals surface area contributed by atoms with Gasteiger partial charge in [0.05, 0.1) is 13.2 Å². The van der Waals surface area contributed by atoms with Crippen LogP contribution in [0, 0.1) is 0 Å². The lowest BCUT2D eigenvalue weighted by Crippen LogP contribution is -2.08. The lowest BCUT2D eigenvalue weighted by molar-refractivity contribution is 0.0577. The summed E-state index contributed by atoms with van der Waals surface area (Å²) in [5.41, 5.74) is 0. The Bertz CT molecular complexity index is 175. The Morgan fingerprint density at radius 2 is 1.43 bits per heavy atom. The fraction of sp³-hybridized carbons (Fsp3) is 0.545. The van der Waals surface area contributed by atoms with E-state index in [1.54, 1.807) is 0 Å². The first-order valence-electron chi connectivity index (χ1n) is 4.83. The molecule has 80 valence electrons. The van der Waals surface area contributed by atoms with Crippen molar-refractivity contribution in [3.63, 3.8) is 0 Å². The van der Waals surface area contributed by atoms with E-state index >= 15 is 0 Å². The molecule has 0 rings (SSSR count). The first-order chi connectivity index (χ1) is 6.81. The summed E-state index contributed by atoms with van der Waals surface area (Å²) < 4.78 is 9.58. The Balaban J connectivity index is 3.28. The van der Waals surface area contributed by atoms with Crippen LogP contribution >= 0.6 is 0 Å². The highest BCUT2D eigenvalue weighted by molar-refractivity contribution is 5.59. The summed E-state index contributed by atoms with van der Waals surface area (Å²) in [4.78, 5) is 10.9. The second-order valence-electron chi connectivity index (χ2n) is 2.66. The quantitative estimate of drug-likeness (QED) is 0.374. The molecule has 0 aliphatic carbocycles. The summed E-state index contributed by atoms with van der Waals surface area (Å²) in [5.74, 6) is 0. The normalized spacial score (nSPS) is 11.0. The fourth-order valence-electron chi connectivity index (χ4n) is 0.796. The molecule has 3 nitrogen and oxygen atoms in total. The highest BCUT2D eigenvalue weighted by atomic mass is 16.7. The molecule has 0 saturated heterocycles. The van der Waals surface area contributed by atoms with E-state index < -0.39 is 6.16 Å². The highest BCUT2D eigenvalue weighted by Gasteiger charge is 2.00. The van der Waals surface area contributed by atoms with Crippen molar-refractivity contribution in [3.05, 3.63) is 24.3 Å². The van der Waals surface area contributed by atoms with Crippen LogP contribution in [0.15, 0.2) is 24.3 Å². The van der Waals surface area contributed by atoms with Gasteiger partial charge in [-0.1, -0.05) is 24.3 Å². The summed E-state index contributed by atoms with van der Waals surface area (Å²) in [6, 6.07) is 0. The maximum absolute atomic E-state index is 10.9. The number of rotatable bonds is 6. The van der Waals surface area contributed by atoms with Crippen LogP contribution in [-0.4, -0.2) is 19.4 Å². The molecule has 0 aliphatic rings. The number of ether oxygens (including phenoxy) is 2. The molecule has 0 atom stereocenters. The zero-order valence-corrected chi connectivity index (χ0v) is 8.86. The number of hydrogen-bond acceptors (Lipinski definition) is 3. The molecule has 0 unspecified atom stereocenters. The van der Waals surface area contributed by atoms with Gasteiger partial charge in [0.2, 0.25) is 0 Å². The molecule has 0 fully saturated rings. The van der Waals surface area contributed by atoms with E-state index in [4.69, 9.17) is 9.47 Å². The summed E-state index contributed by atoms with van der Waals surface area (Å²) >= 11 is 0. The second-order valence-corrected chi connectivity index (χ2v) is 2.66. The van der Waals surface area contributed by atoms with Crippen LogP contribution in [0.2, 0.25) is 0 Å². The van der Waals surface area contributed by atoms with E-state index in [-0.39, 0.29) is 0 Å². The topological polar surface area (TPSA) is 35.5 Å². The minimum Gasteiger partial charge on any atom is -0.434 e. The molecule has 14 heavy (non-hydrogen) atoms. The average Bonchev–Trinajstić information content (AvgIpc) is 2.19. The minimum absolute atomic E-state index is 0.382. The Kier molecular flexibility index (Phi) is 8.96. The monoisotopic (exact) mass is 198 g/mol. The molecule has 0 bridgehead atoms. The van der Waals surface area contributed by atoms with Crippen LogP contribution in [0.3, 0.4) is 0 Å². The molecule has 0 aromatic rings. The van der Waals surface area contributed by atoms with E-state index in [1.165, 1.54) is 0 Å². The second kappa shape index (κ2) is 9.84. The largest absolute Gasteiger partial charge is 0.508 e. The SMILES string of the molecule is C/C=C/CCOC(=O)OCC/C=C/C. The summed E-state index contributed by atoms with van der Waals surface area (Å²) in [5, 5.41) is 0. The van der Waals surface area contributed by atoms with Crippen LogP contribution in [-0.2, 0) is 9.47 Å². The maximum atomic E-state index is 10.9. The first kappa shape index (κ1) is 12.8. The third kappa shape index (κ3) is 8.84. The van der Waals surface area contributed by atoms with Gasteiger partial charge in [0.1, 0.15) is 0 Å². The molecular weight excluding hydrogens is 180 g/mol. The smallest absolute Gasteiger partial charge is 0.434 e. The van der Waals surface area contributed by atoms with Crippen molar-refractivity contribution in [2.45, 2.75) is 26.7 Å². The summed E-state index contributed by atoms with van der Waals surface area (Å²) in [6.07, 6.45) is 8.60. The van der Waals surface area contributed by atoms with Gasteiger partial charge in [-0.25, -0.2) is 4.79 Å². The molecule has 0 spiro atoms. The predicted molar refractivity (Wildman–Crippen MR) is 56.2 cm³/mol. The lowest BCUT2D eigenvalue weighted by atomic mass is 10.4. The van der Waals surface area contributed by atoms with E-state index in [0.29, 0.717) is 13.2 Å². The summed E-state index contributed by atoms with van der Waals surface area (Å²) in [6.45, 7) is 4.62. The van der Waals surface area contributed by atoms with Crippen molar-refractivity contribution < 1.29 is 14.3 Å². The van der Waals surface area contributed by atoms with Gasteiger partial charge in [-0.15, -0.1) is 0 Å². The van der Waals surface area contributed by atoms with Gasteiger partial charge >= 0.3 is 6.16 Å². The van der Waals surface area contributed by atoms with E-state index in [0.717, 1.165) is 12.8 Å². The Labute approximate surface area is 85.4 Å². The van der Waals surface area contributed by atoms with E-state index in [1.807, 2.05) is 38.2 Å². The van der Waals surface area contributed by atoms with Crippen LogP contribution in [0.4, 0.5) is 4.79 Å². The van der Waals surface area contributed by atoms with Gasteiger partial charge in [-0.2, -0.15) is 0 Å². The average molecular weight is 198 g/mol. The van der Waals surface area contributed by atoms with Gasteiger partial charge < -0.3 is 9.47 Å². The summed E-state index contributed by atoms with van der Waals surface area (Å²) in [7, 11) is 0. The van der Waals surface area contributed by atoms with E-state index in [2.05, 4.69) is 0 Å². The van der Waals surface area contributed by atoms with Gasteiger partial charge in [0.15, 0.2) is 0 Å². The van der Waals surface area contributed by atoms with Crippen molar-refractivity contribution in [1.29, 1.82) is 0 Å². The van der Waals surface area contributed by atoms with Crippen LogP contribution in [0.5, 0.6) is 0 Å². The Hall–Kier alpha value is -1.25. The van der Waals surface area contributed by atoms with Crippen molar-refractivity contribution in [2.24, 2.45) is 0 Å².